The number of rotatable bonds is 2. The zero-order valence-electron chi connectivity index (χ0n) is 10.2. The van der Waals surface area contributed by atoms with Crippen LogP contribution < -0.4 is 4.90 Å². The fourth-order valence-electron chi connectivity index (χ4n) is 2.05. The predicted molar refractivity (Wildman–Crippen MR) is 69.6 cm³/mol. The molecule has 5 nitrogen and oxygen atoms in total. The highest BCUT2D eigenvalue weighted by atomic mass is 32.2. The number of aliphatic hydroxyl groups is 1. The number of aliphatic hydroxyl groups excluding tert-OH is 1. The molecule has 0 bridgehead atoms. The van der Waals surface area contributed by atoms with E-state index >= 15 is 0 Å². The molecule has 2 rings (SSSR count). The van der Waals surface area contributed by atoms with Gasteiger partial charge in [0.2, 0.25) is 0 Å². The first-order valence-electron chi connectivity index (χ1n) is 5.85. The first kappa shape index (κ1) is 13.2. The van der Waals surface area contributed by atoms with E-state index in [1.54, 1.807) is 25.1 Å². The largest absolute Gasteiger partial charge is 0.507 e. The Morgan fingerprint density at radius 3 is 2.39 bits per heavy atom. The molecule has 0 saturated carbocycles. The molecular weight excluding hydrogens is 254 g/mol. The molecule has 0 aromatic heterocycles. The maximum absolute atomic E-state index is 11.3. The minimum Gasteiger partial charge on any atom is -0.507 e. The van der Waals surface area contributed by atoms with E-state index in [9.17, 15) is 18.6 Å². The van der Waals surface area contributed by atoms with Gasteiger partial charge in [-0.1, -0.05) is 6.07 Å². The molecule has 18 heavy (non-hydrogen) atoms. The van der Waals surface area contributed by atoms with Crippen molar-refractivity contribution in [3.63, 3.8) is 0 Å². The topological polar surface area (TPSA) is 77.8 Å². The maximum atomic E-state index is 11.3. The lowest BCUT2D eigenvalue weighted by Crippen LogP contribution is -2.40. The van der Waals surface area contributed by atoms with Crippen LogP contribution in [0.15, 0.2) is 18.2 Å². The number of hydrogen-bond acceptors (Lipinski definition) is 5. The van der Waals surface area contributed by atoms with Crippen molar-refractivity contribution in [2.75, 3.05) is 29.5 Å². The molecule has 0 spiro atoms. The zero-order chi connectivity index (χ0) is 13.3. The van der Waals surface area contributed by atoms with E-state index in [-0.39, 0.29) is 17.3 Å². The third-order valence-electron chi connectivity index (χ3n) is 3.17. The molecule has 0 amide bonds. The predicted octanol–water partition coefficient (Wildman–Crippen LogP) is 0.680. The van der Waals surface area contributed by atoms with Crippen LogP contribution in [0.1, 0.15) is 18.6 Å². The quantitative estimate of drug-likeness (QED) is 0.827. The molecule has 1 fully saturated rings. The Bertz CT molecular complexity index is 525. The Morgan fingerprint density at radius 1 is 1.28 bits per heavy atom. The molecule has 1 saturated heterocycles. The lowest BCUT2D eigenvalue weighted by atomic mass is 10.1. The summed E-state index contributed by atoms with van der Waals surface area (Å²) < 4.78 is 22.7. The molecule has 0 radical (unpaired) electrons. The van der Waals surface area contributed by atoms with Crippen LogP contribution in [0, 0.1) is 0 Å². The van der Waals surface area contributed by atoms with Gasteiger partial charge in [0.05, 0.1) is 17.6 Å². The molecule has 100 valence electrons. The van der Waals surface area contributed by atoms with Crippen molar-refractivity contribution in [2.45, 2.75) is 13.0 Å². The summed E-state index contributed by atoms with van der Waals surface area (Å²) in [6, 6.07) is 5.03. The standard InChI is InChI=1S/C12H17NO4S/c1-9(14)11-3-2-10(8-12(11)15)13-4-6-18(16,17)7-5-13/h2-3,8-9,14-15H,4-7H2,1H3. The van der Waals surface area contributed by atoms with E-state index in [0.717, 1.165) is 5.69 Å². The summed E-state index contributed by atoms with van der Waals surface area (Å²) in [6.07, 6.45) is -0.721. The van der Waals surface area contributed by atoms with Crippen molar-refractivity contribution in [1.29, 1.82) is 0 Å². The van der Waals surface area contributed by atoms with Gasteiger partial charge in [0, 0.05) is 30.4 Å². The second kappa shape index (κ2) is 4.78. The van der Waals surface area contributed by atoms with E-state index in [1.165, 1.54) is 0 Å². The van der Waals surface area contributed by atoms with E-state index in [4.69, 9.17) is 0 Å². The third kappa shape index (κ3) is 2.76. The molecular formula is C12H17NO4S. The first-order chi connectivity index (χ1) is 8.39. The molecule has 1 aromatic rings. The molecule has 1 aliphatic rings. The summed E-state index contributed by atoms with van der Waals surface area (Å²) in [5, 5.41) is 19.2. The average Bonchev–Trinajstić information content (AvgIpc) is 2.28. The van der Waals surface area contributed by atoms with Crippen LogP contribution >= 0.6 is 0 Å². The molecule has 6 heteroatoms. The Morgan fingerprint density at radius 2 is 1.89 bits per heavy atom. The van der Waals surface area contributed by atoms with Crippen molar-refractivity contribution in [1.82, 2.24) is 0 Å². The second-order valence-electron chi connectivity index (χ2n) is 4.56. The van der Waals surface area contributed by atoms with Gasteiger partial charge in [-0.15, -0.1) is 0 Å². The summed E-state index contributed by atoms with van der Waals surface area (Å²) in [4.78, 5) is 1.92. The van der Waals surface area contributed by atoms with Gasteiger partial charge in [-0.2, -0.15) is 0 Å². The molecule has 1 aliphatic heterocycles. The first-order valence-corrected chi connectivity index (χ1v) is 7.67. The average molecular weight is 271 g/mol. The minimum absolute atomic E-state index is 0.0379. The van der Waals surface area contributed by atoms with Crippen molar-refractivity contribution in [3.05, 3.63) is 23.8 Å². The van der Waals surface area contributed by atoms with Gasteiger partial charge in [0.25, 0.3) is 0 Å². The van der Waals surface area contributed by atoms with Gasteiger partial charge in [0.15, 0.2) is 9.84 Å². The number of phenolic OH excluding ortho intramolecular Hbond substituents is 1. The van der Waals surface area contributed by atoms with Gasteiger partial charge in [-0.05, 0) is 13.0 Å². The number of anilines is 1. The van der Waals surface area contributed by atoms with Crippen LogP contribution in [-0.4, -0.2) is 43.2 Å². The van der Waals surface area contributed by atoms with E-state index < -0.39 is 15.9 Å². The van der Waals surface area contributed by atoms with Crippen LogP contribution in [0.4, 0.5) is 5.69 Å². The van der Waals surface area contributed by atoms with E-state index in [0.29, 0.717) is 18.7 Å². The van der Waals surface area contributed by atoms with Crippen LogP contribution in [0.2, 0.25) is 0 Å². The lowest BCUT2D eigenvalue weighted by molar-refractivity contribution is 0.195. The second-order valence-corrected chi connectivity index (χ2v) is 6.86. The smallest absolute Gasteiger partial charge is 0.153 e. The highest BCUT2D eigenvalue weighted by Gasteiger charge is 2.22. The number of phenols is 1. The van der Waals surface area contributed by atoms with E-state index in [2.05, 4.69) is 0 Å². The van der Waals surface area contributed by atoms with Gasteiger partial charge in [-0.3, -0.25) is 0 Å². The lowest BCUT2D eigenvalue weighted by Gasteiger charge is -2.29. The number of sulfone groups is 1. The molecule has 1 unspecified atom stereocenters. The normalized spacial score (nSPS) is 20.7. The highest BCUT2D eigenvalue weighted by molar-refractivity contribution is 7.91. The van der Waals surface area contributed by atoms with Gasteiger partial charge in [-0.25, -0.2) is 8.42 Å². The number of nitrogens with zero attached hydrogens (tertiary/aromatic N) is 1. The fraction of sp³-hybridized carbons (Fsp3) is 0.500. The monoisotopic (exact) mass is 271 g/mol. The zero-order valence-corrected chi connectivity index (χ0v) is 11.0. The fourth-order valence-corrected chi connectivity index (χ4v) is 3.25. The highest BCUT2D eigenvalue weighted by Crippen LogP contribution is 2.29. The third-order valence-corrected chi connectivity index (χ3v) is 4.78. The summed E-state index contributed by atoms with van der Waals surface area (Å²) in [5.74, 6) is 0.327. The molecule has 1 aromatic carbocycles. The van der Waals surface area contributed by atoms with Crippen LogP contribution in [-0.2, 0) is 9.84 Å². The Hall–Kier alpha value is -1.27. The minimum atomic E-state index is -2.90. The number of hydrogen-bond donors (Lipinski definition) is 2. The van der Waals surface area contributed by atoms with Crippen LogP contribution in [0.25, 0.3) is 0 Å². The Labute approximate surface area is 107 Å². The van der Waals surface area contributed by atoms with Gasteiger partial charge < -0.3 is 15.1 Å². The number of aromatic hydroxyl groups is 1. The van der Waals surface area contributed by atoms with Crippen molar-refractivity contribution in [3.8, 4) is 5.75 Å². The van der Waals surface area contributed by atoms with Crippen molar-refractivity contribution in [2.24, 2.45) is 0 Å². The van der Waals surface area contributed by atoms with Gasteiger partial charge in [0.1, 0.15) is 5.75 Å². The van der Waals surface area contributed by atoms with Crippen LogP contribution in [0.5, 0.6) is 5.75 Å². The number of benzene rings is 1. The van der Waals surface area contributed by atoms with Crippen molar-refractivity contribution < 1.29 is 18.6 Å². The Balaban J connectivity index is 2.18. The molecule has 1 atom stereocenters. The molecule has 1 heterocycles. The van der Waals surface area contributed by atoms with Gasteiger partial charge >= 0.3 is 0 Å². The summed E-state index contributed by atoms with van der Waals surface area (Å²) in [6.45, 7) is 2.47. The van der Waals surface area contributed by atoms with E-state index in [1.807, 2.05) is 4.90 Å². The Kier molecular flexibility index (Phi) is 3.49. The van der Waals surface area contributed by atoms with Crippen molar-refractivity contribution >= 4 is 15.5 Å². The maximum Gasteiger partial charge on any atom is 0.153 e. The molecule has 2 N–H and O–H groups in total. The summed E-state index contributed by atoms with van der Waals surface area (Å²) >= 11 is 0. The SMILES string of the molecule is CC(O)c1ccc(N2CCS(=O)(=O)CC2)cc1O. The summed E-state index contributed by atoms with van der Waals surface area (Å²) in [5.41, 5.74) is 1.26. The molecule has 0 aliphatic carbocycles. The summed E-state index contributed by atoms with van der Waals surface area (Å²) in [7, 11) is -2.90. The van der Waals surface area contributed by atoms with Crippen LogP contribution in [0.3, 0.4) is 0 Å².